The first-order valence-electron chi connectivity index (χ1n) is 5.88. The first-order valence-corrected chi connectivity index (χ1v) is 6.69. The van der Waals surface area contributed by atoms with Crippen molar-refractivity contribution in [2.24, 2.45) is 0 Å². The molecule has 2 nitrogen and oxygen atoms in total. The molecule has 0 heterocycles. The van der Waals surface area contributed by atoms with Crippen molar-refractivity contribution >= 4 is 23.2 Å². The third-order valence-electron chi connectivity index (χ3n) is 2.97. The van der Waals surface area contributed by atoms with Gasteiger partial charge < -0.3 is 9.47 Å². The van der Waals surface area contributed by atoms with E-state index < -0.39 is 11.2 Å². The molecule has 0 N–H and O–H groups in total. The van der Waals surface area contributed by atoms with Gasteiger partial charge >= 0.3 is 0 Å². The van der Waals surface area contributed by atoms with E-state index in [1.165, 1.54) is 13.2 Å². The van der Waals surface area contributed by atoms with E-state index in [4.69, 9.17) is 32.7 Å². The quantitative estimate of drug-likeness (QED) is 0.753. The van der Waals surface area contributed by atoms with E-state index in [-0.39, 0.29) is 5.02 Å². The van der Waals surface area contributed by atoms with Crippen LogP contribution in [0.15, 0.2) is 36.4 Å². The summed E-state index contributed by atoms with van der Waals surface area (Å²) in [6.45, 7) is 0. The third-order valence-corrected chi connectivity index (χ3v) is 3.73. The van der Waals surface area contributed by atoms with Crippen LogP contribution in [0.5, 0.6) is 11.5 Å². The number of hydrogen-bond donors (Lipinski definition) is 0. The second-order valence-corrected chi connectivity index (χ2v) is 4.96. The van der Waals surface area contributed by atoms with Crippen LogP contribution >= 0.6 is 23.2 Å². The Morgan fingerprint density at radius 2 is 1.80 bits per heavy atom. The summed E-state index contributed by atoms with van der Waals surface area (Å²) in [6.07, 6.45) is 0. The fraction of sp³-hybridized carbons (Fsp3) is 0.200. The average Bonchev–Trinajstić information content (AvgIpc) is 2.48. The normalized spacial score (nSPS) is 12.1. The zero-order chi connectivity index (χ0) is 14.7. The highest BCUT2D eigenvalue weighted by Crippen LogP contribution is 2.39. The van der Waals surface area contributed by atoms with Gasteiger partial charge in [-0.25, -0.2) is 4.39 Å². The first-order chi connectivity index (χ1) is 9.58. The number of ether oxygens (including phenoxy) is 2. The second-order valence-electron chi connectivity index (χ2n) is 4.11. The van der Waals surface area contributed by atoms with Crippen molar-refractivity contribution in [1.82, 2.24) is 0 Å². The van der Waals surface area contributed by atoms with Gasteiger partial charge in [0, 0.05) is 17.2 Å². The van der Waals surface area contributed by atoms with Gasteiger partial charge in [-0.3, -0.25) is 0 Å². The summed E-state index contributed by atoms with van der Waals surface area (Å²) in [5.74, 6) is 0.650. The largest absolute Gasteiger partial charge is 0.497 e. The summed E-state index contributed by atoms with van der Waals surface area (Å²) in [4.78, 5) is 0. The maximum atomic E-state index is 14.0. The molecule has 0 amide bonds. The SMILES string of the molecule is COc1ccc(C(Cl)c2cccc(Cl)c2F)c(OC)c1. The molecule has 0 fully saturated rings. The smallest absolute Gasteiger partial charge is 0.146 e. The van der Waals surface area contributed by atoms with Crippen LogP contribution in [-0.4, -0.2) is 14.2 Å². The predicted molar refractivity (Wildman–Crippen MR) is 78.7 cm³/mol. The number of benzene rings is 2. The van der Waals surface area contributed by atoms with Crippen molar-refractivity contribution in [3.8, 4) is 11.5 Å². The molecule has 0 radical (unpaired) electrons. The summed E-state index contributed by atoms with van der Waals surface area (Å²) in [6, 6.07) is 9.93. The summed E-state index contributed by atoms with van der Waals surface area (Å²) >= 11 is 12.2. The van der Waals surface area contributed by atoms with Crippen molar-refractivity contribution in [2.75, 3.05) is 14.2 Å². The third kappa shape index (κ3) is 2.84. The number of hydrogen-bond acceptors (Lipinski definition) is 2. The molecule has 20 heavy (non-hydrogen) atoms. The highest BCUT2D eigenvalue weighted by molar-refractivity contribution is 6.31. The van der Waals surface area contributed by atoms with Gasteiger partial charge in [0.05, 0.1) is 24.6 Å². The van der Waals surface area contributed by atoms with Gasteiger partial charge in [0.15, 0.2) is 0 Å². The van der Waals surface area contributed by atoms with Crippen LogP contribution < -0.4 is 9.47 Å². The Morgan fingerprint density at radius 3 is 2.45 bits per heavy atom. The molecule has 0 aliphatic carbocycles. The number of alkyl halides is 1. The minimum atomic E-state index is -0.699. The van der Waals surface area contributed by atoms with Gasteiger partial charge in [-0.15, -0.1) is 11.6 Å². The molecule has 0 saturated heterocycles. The lowest BCUT2D eigenvalue weighted by Gasteiger charge is -2.16. The van der Waals surface area contributed by atoms with Crippen molar-refractivity contribution in [3.05, 3.63) is 58.4 Å². The van der Waals surface area contributed by atoms with Crippen molar-refractivity contribution in [1.29, 1.82) is 0 Å². The molecular formula is C15H13Cl2FO2. The maximum absolute atomic E-state index is 14.0. The zero-order valence-electron chi connectivity index (χ0n) is 11.0. The lowest BCUT2D eigenvalue weighted by molar-refractivity contribution is 0.391. The minimum absolute atomic E-state index is 0.0422. The van der Waals surface area contributed by atoms with Crippen molar-refractivity contribution < 1.29 is 13.9 Å². The first kappa shape index (κ1) is 14.9. The highest BCUT2D eigenvalue weighted by Gasteiger charge is 2.20. The van der Waals surface area contributed by atoms with Crippen LogP contribution in [-0.2, 0) is 0 Å². The standard InChI is InChI=1S/C15H13Cl2FO2/c1-19-9-6-7-10(13(8-9)20-2)14(17)11-4-3-5-12(16)15(11)18/h3-8,14H,1-2H3. The fourth-order valence-electron chi connectivity index (χ4n) is 1.91. The number of halogens is 3. The summed E-state index contributed by atoms with van der Waals surface area (Å²) in [5, 5.41) is -0.657. The van der Waals surface area contributed by atoms with Crippen LogP contribution in [0.1, 0.15) is 16.5 Å². The fourth-order valence-corrected chi connectivity index (χ4v) is 2.44. The van der Waals surface area contributed by atoms with E-state index in [2.05, 4.69) is 0 Å². The van der Waals surface area contributed by atoms with E-state index in [0.29, 0.717) is 22.6 Å². The molecule has 0 bridgehead atoms. The molecule has 0 aromatic heterocycles. The van der Waals surface area contributed by atoms with Crippen LogP contribution in [0, 0.1) is 5.82 Å². The summed E-state index contributed by atoms with van der Waals surface area (Å²) in [5.41, 5.74) is 0.957. The Hall–Kier alpha value is -1.45. The van der Waals surface area contributed by atoms with E-state index >= 15 is 0 Å². The molecule has 0 aliphatic heterocycles. The van der Waals surface area contributed by atoms with Crippen LogP contribution in [0.25, 0.3) is 0 Å². The average molecular weight is 315 g/mol. The van der Waals surface area contributed by atoms with Crippen LogP contribution in [0.3, 0.4) is 0 Å². The molecule has 2 rings (SSSR count). The Labute approximate surface area is 127 Å². The van der Waals surface area contributed by atoms with Crippen LogP contribution in [0.4, 0.5) is 4.39 Å². The second kappa shape index (κ2) is 6.33. The van der Waals surface area contributed by atoms with Gasteiger partial charge in [0.1, 0.15) is 17.3 Å². The van der Waals surface area contributed by atoms with E-state index in [1.54, 1.807) is 37.4 Å². The molecule has 2 aromatic rings. The summed E-state index contributed by atoms with van der Waals surface area (Å²) < 4.78 is 24.4. The highest BCUT2D eigenvalue weighted by atomic mass is 35.5. The van der Waals surface area contributed by atoms with Crippen molar-refractivity contribution in [2.45, 2.75) is 5.38 Å². The number of rotatable bonds is 4. The maximum Gasteiger partial charge on any atom is 0.146 e. The number of methoxy groups -OCH3 is 2. The van der Waals surface area contributed by atoms with Gasteiger partial charge in [-0.05, 0) is 18.2 Å². The van der Waals surface area contributed by atoms with Gasteiger partial charge in [-0.2, -0.15) is 0 Å². The molecule has 1 atom stereocenters. The Morgan fingerprint density at radius 1 is 1.05 bits per heavy atom. The molecule has 1 unspecified atom stereocenters. The molecule has 0 saturated carbocycles. The Bertz CT molecular complexity index is 617. The van der Waals surface area contributed by atoms with E-state index in [9.17, 15) is 4.39 Å². The lowest BCUT2D eigenvalue weighted by atomic mass is 10.0. The molecule has 0 spiro atoms. The molecule has 5 heteroatoms. The Kier molecular flexibility index (Phi) is 4.73. The van der Waals surface area contributed by atoms with Crippen LogP contribution in [0.2, 0.25) is 5.02 Å². The van der Waals surface area contributed by atoms with Gasteiger partial charge in [0.2, 0.25) is 0 Å². The molecule has 106 valence electrons. The van der Waals surface area contributed by atoms with Gasteiger partial charge in [-0.1, -0.05) is 23.7 Å². The molecule has 2 aromatic carbocycles. The molecule has 0 aliphatic rings. The van der Waals surface area contributed by atoms with E-state index in [1.807, 2.05) is 0 Å². The Balaban J connectivity index is 2.47. The summed E-state index contributed by atoms with van der Waals surface area (Å²) in [7, 11) is 3.08. The monoisotopic (exact) mass is 314 g/mol. The van der Waals surface area contributed by atoms with Gasteiger partial charge in [0.25, 0.3) is 0 Å². The predicted octanol–water partition coefficient (Wildman–Crippen LogP) is 4.82. The lowest BCUT2D eigenvalue weighted by Crippen LogP contribution is -2.01. The zero-order valence-corrected chi connectivity index (χ0v) is 12.5. The minimum Gasteiger partial charge on any atom is -0.497 e. The topological polar surface area (TPSA) is 18.5 Å². The van der Waals surface area contributed by atoms with Crippen molar-refractivity contribution in [3.63, 3.8) is 0 Å². The van der Waals surface area contributed by atoms with E-state index in [0.717, 1.165) is 0 Å². The molecular weight excluding hydrogens is 302 g/mol.